The molecular formula is C20H23N7O. The van der Waals surface area contributed by atoms with Crippen LogP contribution in [0, 0.1) is 11.8 Å². The Kier molecular flexibility index (Phi) is 5.00. The van der Waals surface area contributed by atoms with Crippen LogP contribution in [0.5, 0.6) is 0 Å². The highest BCUT2D eigenvalue weighted by molar-refractivity contribution is 5.76. The van der Waals surface area contributed by atoms with Crippen molar-refractivity contribution < 1.29 is 0 Å². The SMILES string of the molecule is CC#CCn1c(N2CCNCC2)nc2nc(Nc3ccccc3)n(C)c(=O)c21. The van der Waals surface area contributed by atoms with Gasteiger partial charge in [0.1, 0.15) is 0 Å². The molecule has 1 aliphatic heterocycles. The minimum Gasteiger partial charge on any atom is -0.340 e. The summed E-state index contributed by atoms with van der Waals surface area (Å²) < 4.78 is 3.41. The summed E-state index contributed by atoms with van der Waals surface area (Å²) in [7, 11) is 1.72. The predicted octanol–water partition coefficient (Wildman–Crippen LogP) is 1.31. The summed E-state index contributed by atoms with van der Waals surface area (Å²) in [5, 5.41) is 6.55. The second-order valence-electron chi connectivity index (χ2n) is 6.62. The van der Waals surface area contributed by atoms with Crippen molar-refractivity contribution in [1.29, 1.82) is 0 Å². The zero-order valence-corrected chi connectivity index (χ0v) is 16.1. The monoisotopic (exact) mass is 377 g/mol. The van der Waals surface area contributed by atoms with Crippen molar-refractivity contribution in [3.05, 3.63) is 40.7 Å². The highest BCUT2D eigenvalue weighted by Crippen LogP contribution is 2.22. The van der Waals surface area contributed by atoms with Gasteiger partial charge < -0.3 is 15.5 Å². The lowest BCUT2D eigenvalue weighted by Gasteiger charge is -2.28. The van der Waals surface area contributed by atoms with Crippen molar-refractivity contribution in [2.45, 2.75) is 13.5 Å². The van der Waals surface area contributed by atoms with Gasteiger partial charge in [-0.15, -0.1) is 5.92 Å². The van der Waals surface area contributed by atoms with Gasteiger partial charge in [0.25, 0.3) is 5.56 Å². The fraction of sp³-hybridized carbons (Fsp3) is 0.350. The van der Waals surface area contributed by atoms with Crippen LogP contribution in [0.15, 0.2) is 35.1 Å². The highest BCUT2D eigenvalue weighted by atomic mass is 16.1. The molecule has 28 heavy (non-hydrogen) atoms. The van der Waals surface area contributed by atoms with E-state index in [1.165, 1.54) is 4.57 Å². The Morgan fingerprint density at radius 2 is 1.93 bits per heavy atom. The first-order valence-electron chi connectivity index (χ1n) is 9.33. The summed E-state index contributed by atoms with van der Waals surface area (Å²) in [6, 6.07) is 9.66. The third-order valence-electron chi connectivity index (χ3n) is 4.81. The number of anilines is 3. The van der Waals surface area contributed by atoms with Gasteiger partial charge in [-0.05, 0) is 19.1 Å². The molecule has 0 bridgehead atoms. The lowest BCUT2D eigenvalue weighted by atomic mass is 10.3. The van der Waals surface area contributed by atoms with Crippen molar-refractivity contribution in [3.63, 3.8) is 0 Å². The minimum absolute atomic E-state index is 0.143. The molecule has 1 fully saturated rings. The first kappa shape index (κ1) is 18.1. The van der Waals surface area contributed by atoms with Crippen LogP contribution in [0.1, 0.15) is 6.92 Å². The van der Waals surface area contributed by atoms with E-state index in [0.29, 0.717) is 23.7 Å². The largest absolute Gasteiger partial charge is 0.340 e. The number of hydrogen-bond acceptors (Lipinski definition) is 6. The molecule has 3 aromatic rings. The average molecular weight is 377 g/mol. The van der Waals surface area contributed by atoms with Crippen LogP contribution >= 0.6 is 0 Å². The summed E-state index contributed by atoms with van der Waals surface area (Å²) in [6.45, 7) is 5.64. The van der Waals surface area contributed by atoms with E-state index >= 15 is 0 Å². The van der Waals surface area contributed by atoms with Crippen molar-refractivity contribution in [2.24, 2.45) is 7.05 Å². The summed E-state index contributed by atoms with van der Waals surface area (Å²) in [6.07, 6.45) is 0. The molecule has 1 aliphatic rings. The van der Waals surface area contributed by atoms with Gasteiger partial charge in [0.2, 0.25) is 11.9 Å². The van der Waals surface area contributed by atoms with Crippen LogP contribution in [-0.4, -0.2) is 45.3 Å². The fourth-order valence-electron chi connectivity index (χ4n) is 3.32. The Hall–Kier alpha value is -3.31. The number of nitrogens with zero attached hydrogens (tertiary/aromatic N) is 5. The number of rotatable bonds is 4. The summed E-state index contributed by atoms with van der Waals surface area (Å²) in [5.41, 5.74) is 1.64. The predicted molar refractivity (Wildman–Crippen MR) is 111 cm³/mol. The molecule has 2 N–H and O–H groups in total. The molecule has 8 heteroatoms. The number of nitrogens with one attached hydrogen (secondary N) is 2. The molecule has 4 rings (SSSR count). The standard InChI is InChI=1S/C20H23N7O/c1-3-4-12-27-16-17(24-20(27)26-13-10-21-11-14-26)23-19(25(2)18(16)28)22-15-8-6-5-7-9-15/h5-9,21H,10-14H2,1-2H3,(H,22,23). The van der Waals surface area contributed by atoms with Crippen LogP contribution in [0.25, 0.3) is 11.2 Å². The zero-order chi connectivity index (χ0) is 19.5. The molecule has 0 saturated carbocycles. The number of para-hydroxylation sites is 1. The molecule has 1 aromatic carbocycles. The van der Waals surface area contributed by atoms with E-state index in [0.717, 1.165) is 37.8 Å². The Balaban J connectivity index is 1.85. The number of aromatic nitrogens is 4. The topological polar surface area (TPSA) is 80.0 Å². The van der Waals surface area contributed by atoms with E-state index in [1.807, 2.05) is 34.9 Å². The molecule has 144 valence electrons. The molecule has 0 atom stereocenters. The van der Waals surface area contributed by atoms with Crippen molar-refractivity contribution in [2.75, 3.05) is 36.4 Å². The number of piperazine rings is 1. The molecule has 1 saturated heterocycles. The van der Waals surface area contributed by atoms with E-state index in [4.69, 9.17) is 4.98 Å². The van der Waals surface area contributed by atoms with Gasteiger partial charge in [-0.25, -0.2) is 0 Å². The van der Waals surface area contributed by atoms with E-state index in [-0.39, 0.29) is 5.56 Å². The normalized spacial score (nSPS) is 14.0. The van der Waals surface area contributed by atoms with Gasteiger partial charge in [0, 0.05) is 38.9 Å². The third-order valence-corrected chi connectivity index (χ3v) is 4.81. The van der Waals surface area contributed by atoms with Gasteiger partial charge in [-0.2, -0.15) is 9.97 Å². The van der Waals surface area contributed by atoms with Crippen LogP contribution in [-0.2, 0) is 13.6 Å². The Morgan fingerprint density at radius 3 is 2.64 bits per heavy atom. The van der Waals surface area contributed by atoms with Crippen LogP contribution in [0.3, 0.4) is 0 Å². The molecule has 0 radical (unpaired) electrons. The number of imidazole rings is 1. The van der Waals surface area contributed by atoms with Crippen molar-refractivity contribution in [1.82, 2.24) is 24.4 Å². The molecule has 0 spiro atoms. The average Bonchev–Trinajstić information content (AvgIpc) is 3.10. The van der Waals surface area contributed by atoms with Crippen molar-refractivity contribution in [3.8, 4) is 11.8 Å². The molecule has 2 aromatic heterocycles. The van der Waals surface area contributed by atoms with Crippen LogP contribution in [0.4, 0.5) is 17.6 Å². The number of benzene rings is 1. The molecule has 8 nitrogen and oxygen atoms in total. The maximum absolute atomic E-state index is 13.2. The van der Waals surface area contributed by atoms with E-state index in [9.17, 15) is 4.79 Å². The lowest BCUT2D eigenvalue weighted by molar-refractivity contribution is 0.573. The van der Waals surface area contributed by atoms with Gasteiger partial charge in [0.15, 0.2) is 11.2 Å². The lowest BCUT2D eigenvalue weighted by Crippen LogP contribution is -2.44. The van der Waals surface area contributed by atoms with Crippen molar-refractivity contribution >= 4 is 28.7 Å². The summed E-state index contributed by atoms with van der Waals surface area (Å²) in [5.74, 6) is 7.18. The maximum Gasteiger partial charge on any atom is 0.281 e. The summed E-state index contributed by atoms with van der Waals surface area (Å²) in [4.78, 5) is 24.7. The first-order valence-corrected chi connectivity index (χ1v) is 9.33. The van der Waals surface area contributed by atoms with Crippen LogP contribution < -0.4 is 21.1 Å². The Bertz CT molecular complexity index is 1100. The smallest absolute Gasteiger partial charge is 0.281 e. The second kappa shape index (κ2) is 7.74. The first-order chi connectivity index (χ1) is 13.7. The highest BCUT2D eigenvalue weighted by Gasteiger charge is 2.22. The quantitative estimate of drug-likeness (QED) is 0.668. The zero-order valence-electron chi connectivity index (χ0n) is 16.1. The Labute approximate surface area is 163 Å². The molecule has 0 aliphatic carbocycles. The van der Waals surface area contributed by atoms with Crippen LogP contribution in [0.2, 0.25) is 0 Å². The number of fused-ring (bicyclic) bond motifs is 1. The minimum atomic E-state index is -0.143. The van der Waals surface area contributed by atoms with Gasteiger partial charge >= 0.3 is 0 Å². The maximum atomic E-state index is 13.2. The van der Waals surface area contributed by atoms with E-state index < -0.39 is 0 Å². The fourth-order valence-corrected chi connectivity index (χ4v) is 3.32. The molecule has 0 amide bonds. The van der Waals surface area contributed by atoms with Gasteiger partial charge in [-0.1, -0.05) is 24.1 Å². The second-order valence-corrected chi connectivity index (χ2v) is 6.62. The molecule has 3 heterocycles. The van der Waals surface area contributed by atoms with E-state index in [2.05, 4.69) is 32.4 Å². The van der Waals surface area contributed by atoms with E-state index in [1.54, 1.807) is 14.0 Å². The molecule has 0 unspecified atom stereocenters. The van der Waals surface area contributed by atoms with Gasteiger partial charge in [-0.3, -0.25) is 13.9 Å². The number of hydrogen-bond donors (Lipinski definition) is 2. The third kappa shape index (κ3) is 3.32. The van der Waals surface area contributed by atoms with Gasteiger partial charge in [0.05, 0.1) is 6.54 Å². The molecular weight excluding hydrogens is 354 g/mol. The Morgan fingerprint density at radius 1 is 1.18 bits per heavy atom. The summed E-state index contributed by atoms with van der Waals surface area (Å²) >= 11 is 0.